The van der Waals surface area contributed by atoms with Gasteiger partial charge in [0, 0.05) is 61.4 Å². The fourth-order valence-corrected chi connectivity index (χ4v) is 7.40. The zero-order valence-corrected chi connectivity index (χ0v) is 27.0. The minimum atomic E-state index is 0.531. The lowest BCUT2D eigenvalue weighted by atomic mass is 10.0. The molecule has 0 saturated heterocycles. The monoisotopic (exact) mass is 655 g/mol. The lowest BCUT2D eigenvalue weighted by molar-refractivity contribution is 0.669. The topological polar surface area (TPSA) is 82.8 Å². The Kier molecular flexibility index (Phi) is 5.83. The molecule has 0 radical (unpaired) electrons. The molecule has 0 bridgehead atoms. The second kappa shape index (κ2) is 10.7. The number of furan rings is 2. The number of aromatic nitrogens is 5. The highest BCUT2D eigenvalue weighted by Gasteiger charge is 2.19. The second-order valence-corrected chi connectivity index (χ2v) is 12.7. The van der Waals surface area contributed by atoms with Crippen LogP contribution in [0, 0.1) is 0 Å². The van der Waals surface area contributed by atoms with E-state index in [0.717, 1.165) is 87.9 Å². The molecule has 238 valence electrons. The molecule has 0 fully saturated rings. The lowest BCUT2D eigenvalue weighted by Gasteiger charge is -2.11. The average Bonchev–Trinajstić information content (AvgIpc) is 3.87. The minimum Gasteiger partial charge on any atom is -0.456 e. The fraction of sp³-hybridized carbons (Fsp3) is 0. The van der Waals surface area contributed by atoms with Crippen molar-refractivity contribution < 1.29 is 8.83 Å². The molecule has 0 spiro atoms. The Hall–Kier alpha value is -7.12. The first-order valence-electron chi connectivity index (χ1n) is 16.8. The molecular weight excluding hydrogens is 631 g/mol. The summed E-state index contributed by atoms with van der Waals surface area (Å²) in [6, 6.07) is 47.3. The van der Waals surface area contributed by atoms with Crippen molar-refractivity contribution in [3.8, 4) is 39.9 Å². The van der Waals surface area contributed by atoms with Crippen molar-refractivity contribution in [2.24, 2.45) is 0 Å². The van der Waals surface area contributed by atoms with Crippen molar-refractivity contribution in [3.05, 3.63) is 152 Å². The Morgan fingerprint density at radius 2 is 1.00 bits per heavy atom. The third kappa shape index (κ3) is 4.25. The standard InChI is InChI=1S/C44H25N5O2/c1-5-16-36-29(12-1)30-13-2-6-17-37(30)49(36)44-47-42(46-43(48-44)28-20-21-33-31-14-3-7-18-38(31)50-40(33)23-28)27-11-9-10-26(22-27)34-24-45-25-35-32-15-4-8-19-39(32)51-41(34)35/h1-25H. The van der Waals surface area contributed by atoms with Crippen LogP contribution in [-0.4, -0.2) is 24.5 Å². The van der Waals surface area contributed by atoms with E-state index in [1.54, 1.807) is 0 Å². The summed E-state index contributed by atoms with van der Waals surface area (Å²) in [5.74, 6) is 1.63. The van der Waals surface area contributed by atoms with Gasteiger partial charge in [0.15, 0.2) is 11.6 Å². The molecule has 0 aliphatic carbocycles. The zero-order chi connectivity index (χ0) is 33.5. The van der Waals surface area contributed by atoms with E-state index in [0.29, 0.717) is 17.6 Å². The maximum Gasteiger partial charge on any atom is 0.238 e. The molecule has 0 atom stereocenters. The van der Waals surface area contributed by atoms with Gasteiger partial charge in [-0.1, -0.05) is 97.1 Å². The number of pyridine rings is 1. The van der Waals surface area contributed by atoms with Gasteiger partial charge in [0.25, 0.3) is 0 Å². The molecule has 5 heterocycles. The average molecular weight is 656 g/mol. The maximum atomic E-state index is 6.37. The highest BCUT2D eigenvalue weighted by atomic mass is 16.3. The smallest absolute Gasteiger partial charge is 0.238 e. The van der Waals surface area contributed by atoms with E-state index in [-0.39, 0.29) is 0 Å². The van der Waals surface area contributed by atoms with Crippen LogP contribution in [0.15, 0.2) is 161 Å². The molecule has 0 amide bonds. The van der Waals surface area contributed by atoms with Crippen molar-refractivity contribution in [2.45, 2.75) is 0 Å². The van der Waals surface area contributed by atoms with Gasteiger partial charge in [-0.25, -0.2) is 4.98 Å². The van der Waals surface area contributed by atoms with Gasteiger partial charge in [-0.2, -0.15) is 9.97 Å². The lowest BCUT2D eigenvalue weighted by Crippen LogP contribution is -2.06. The Morgan fingerprint density at radius 3 is 1.75 bits per heavy atom. The van der Waals surface area contributed by atoms with Gasteiger partial charge < -0.3 is 8.83 Å². The van der Waals surface area contributed by atoms with E-state index in [1.165, 1.54) is 0 Å². The molecule has 0 unspecified atom stereocenters. The van der Waals surface area contributed by atoms with Crippen molar-refractivity contribution >= 4 is 65.7 Å². The summed E-state index contributed by atoms with van der Waals surface area (Å²) in [5, 5.41) is 6.41. The normalized spacial score (nSPS) is 11.9. The summed E-state index contributed by atoms with van der Waals surface area (Å²) < 4.78 is 14.8. The largest absolute Gasteiger partial charge is 0.456 e. The summed E-state index contributed by atoms with van der Waals surface area (Å²) in [6.45, 7) is 0. The van der Waals surface area contributed by atoms with Crippen LogP contribution >= 0.6 is 0 Å². The Bertz CT molecular complexity index is 3120. The SMILES string of the molecule is c1cc(-c2nc(-c3ccc4c(c3)oc3ccccc34)nc(-n3c4ccccc4c4ccccc43)n2)cc(-c2cncc3c2oc2ccccc23)c1. The van der Waals surface area contributed by atoms with Crippen LogP contribution in [0.25, 0.3) is 106 Å². The van der Waals surface area contributed by atoms with Crippen LogP contribution in [-0.2, 0) is 0 Å². The Balaban J connectivity index is 1.14. The molecule has 6 aromatic carbocycles. The van der Waals surface area contributed by atoms with Crippen molar-refractivity contribution in [3.63, 3.8) is 0 Å². The summed E-state index contributed by atoms with van der Waals surface area (Å²) in [6.07, 6.45) is 3.72. The van der Waals surface area contributed by atoms with Gasteiger partial charge in [0.2, 0.25) is 5.95 Å². The van der Waals surface area contributed by atoms with Crippen LogP contribution < -0.4 is 0 Å². The van der Waals surface area contributed by atoms with E-state index in [1.807, 2.05) is 79.1 Å². The van der Waals surface area contributed by atoms with Crippen LogP contribution in [0.1, 0.15) is 0 Å². The quantitative estimate of drug-likeness (QED) is 0.188. The van der Waals surface area contributed by atoms with Gasteiger partial charge in [0.1, 0.15) is 22.3 Å². The van der Waals surface area contributed by atoms with E-state index in [9.17, 15) is 0 Å². The molecule has 0 aliphatic heterocycles. The zero-order valence-electron chi connectivity index (χ0n) is 27.0. The molecule has 0 saturated carbocycles. The fourth-order valence-electron chi connectivity index (χ4n) is 7.40. The number of nitrogens with zero attached hydrogens (tertiary/aromatic N) is 5. The molecule has 51 heavy (non-hydrogen) atoms. The maximum absolute atomic E-state index is 6.37. The number of benzene rings is 6. The third-order valence-electron chi connectivity index (χ3n) is 9.76. The van der Waals surface area contributed by atoms with Crippen molar-refractivity contribution in [2.75, 3.05) is 0 Å². The highest BCUT2D eigenvalue weighted by Crippen LogP contribution is 2.37. The predicted molar refractivity (Wildman–Crippen MR) is 203 cm³/mol. The van der Waals surface area contributed by atoms with Crippen molar-refractivity contribution in [1.29, 1.82) is 0 Å². The summed E-state index contributed by atoms with van der Waals surface area (Å²) >= 11 is 0. The Morgan fingerprint density at radius 1 is 0.412 bits per heavy atom. The number of fused-ring (bicyclic) bond motifs is 9. The molecule has 0 N–H and O–H groups in total. The van der Waals surface area contributed by atoms with Gasteiger partial charge in [-0.3, -0.25) is 9.55 Å². The molecule has 0 aliphatic rings. The molecule has 11 aromatic rings. The van der Waals surface area contributed by atoms with E-state index in [4.69, 9.17) is 23.8 Å². The first-order valence-corrected chi connectivity index (χ1v) is 16.8. The Labute approximate surface area is 290 Å². The van der Waals surface area contributed by atoms with Crippen LogP contribution in [0.5, 0.6) is 0 Å². The van der Waals surface area contributed by atoms with Gasteiger partial charge in [0.05, 0.1) is 11.0 Å². The molecule has 7 heteroatoms. The van der Waals surface area contributed by atoms with E-state index in [2.05, 4.69) is 82.3 Å². The summed E-state index contributed by atoms with van der Waals surface area (Å²) in [4.78, 5) is 20.1. The van der Waals surface area contributed by atoms with Gasteiger partial charge in [-0.05, 0) is 48.0 Å². The first kappa shape index (κ1) is 27.8. The van der Waals surface area contributed by atoms with E-state index >= 15 is 0 Å². The van der Waals surface area contributed by atoms with Crippen LogP contribution in [0.3, 0.4) is 0 Å². The van der Waals surface area contributed by atoms with E-state index < -0.39 is 0 Å². The first-order chi connectivity index (χ1) is 25.3. The summed E-state index contributed by atoms with van der Waals surface area (Å²) in [5.41, 5.74) is 8.82. The number of para-hydroxylation sites is 4. The number of hydrogen-bond acceptors (Lipinski definition) is 6. The predicted octanol–water partition coefficient (Wildman–Crippen LogP) is 11.2. The summed E-state index contributed by atoms with van der Waals surface area (Å²) in [7, 11) is 0. The number of hydrogen-bond donors (Lipinski definition) is 0. The number of rotatable bonds is 4. The second-order valence-electron chi connectivity index (χ2n) is 12.7. The van der Waals surface area contributed by atoms with Crippen LogP contribution in [0.4, 0.5) is 0 Å². The molecule has 11 rings (SSSR count). The highest BCUT2D eigenvalue weighted by molar-refractivity contribution is 6.10. The van der Waals surface area contributed by atoms with Crippen molar-refractivity contribution in [1.82, 2.24) is 24.5 Å². The molecule has 5 aromatic heterocycles. The van der Waals surface area contributed by atoms with Crippen LogP contribution in [0.2, 0.25) is 0 Å². The minimum absolute atomic E-state index is 0.531. The molecule has 7 nitrogen and oxygen atoms in total. The van der Waals surface area contributed by atoms with Gasteiger partial charge in [-0.15, -0.1) is 0 Å². The van der Waals surface area contributed by atoms with Gasteiger partial charge >= 0.3 is 0 Å². The third-order valence-corrected chi connectivity index (χ3v) is 9.76. The molecular formula is C44H25N5O2.